The van der Waals surface area contributed by atoms with Crippen LogP contribution in [-0.2, 0) is 11.3 Å². The Hall–Kier alpha value is -2.67. The molecule has 130 valence electrons. The average Bonchev–Trinajstić information content (AvgIpc) is 3.08. The largest absolute Gasteiger partial charge is 0.465 e. The van der Waals surface area contributed by atoms with Gasteiger partial charge in [-0.3, -0.25) is 13.9 Å². The Labute approximate surface area is 147 Å². The van der Waals surface area contributed by atoms with Crippen molar-refractivity contribution in [3.63, 3.8) is 0 Å². The standard InChI is InChI=1S/C18H18N2O4S/c1-11(2)20-16(21)15-14(7-8-25-15)19(18(20)23)10-12-5-4-6-13(9-12)17(22)24-3/h4-9,11H,10H2,1-3H3. The minimum absolute atomic E-state index is 0.237. The van der Waals surface area contributed by atoms with Crippen LogP contribution in [0.4, 0.5) is 0 Å². The minimum Gasteiger partial charge on any atom is -0.465 e. The molecular weight excluding hydrogens is 340 g/mol. The highest BCUT2D eigenvalue weighted by Gasteiger charge is 2.16. The van der Waals surface area contributed by atoms with E-state index in [1.807, 2.05) is 19.9 Å². The molecule has 25 heavy (non-hydrogen) atoms. The van der Waals surface area contributed by atoms with Gasteiger partial charge in [0.15, 0.2) is 0 Å². The van der Waals surface area contributed by atoms with Gasteiger partial charge in [0.25, 0.3) is 5.56 Å². The number of carbonyl (C=O) groups is 1. The van der Waals surface area contributed by atoms with E-state index in [2.05, 4.69) is 0 Å². The van der Waals surface area contributed by atoms with Gasteiger partial charge in [0.1, 0.15) is 4.70 Å². The van der Waals surface area contributed by atoms with E-state index < -0.39 is 5.97 Å². The molecule has 0 saturated heterocycles. The second-order valence-corrected chi connectivity index (χ2v) is 6.88. The summed E-state index contributed by atoms with van der Waals surface area (Å²) in [5.74, 6) is -0.429. The highest BCUT2D eigenvalue weighted by Crippen LogP contribution is 2.18. The Morgan fingerprint density at radius 3 is 2.68 bits per heavy atom. The van der Waals surface area contributed by atoms with Crippen molar-refractivity contribution in [3.8, 4) is 0 Å². The number of hydrogen-bond acceptors (Lipinski definition) is 5. The fourth-order valence-electron chi connectivity index (χ4n) is 2.81. The number of thiophene rings is 1. The topological polar surface area (TPSA) is 70.3 Å². The molecule has 3 aromatic rings. The van der Waals surface area contributed by atoms with Gasteiger partial charge in [-0.25, -0.2) is 9.59 Å². The van der Waals surface area contributed by atoms with Crippen molar-refractivity contribution in [1.29, 1.82) is 0 Å². The molecule has 3 rings (SSSR count). The first-order valence-corrected chi connectivity index (χ1v) is 8.71. The summed E-state index contributed by atoms with van der Waals surface area (Å²) in [6.07, 6.45) is 0. The zero-order valence-corrected chi connectivity index (χ0v) is 15.0. The van der Waals surface area contributed by atoms with Crippen molar-refractivity contribution in [1.82, 2.24) is 9.13 Å². The molecule has 0 amide bonds. The summed E-state index contributed by atoms with van der Waals surface area (Å²) in [6.45, 7) is 3.89. The average molecular weight is 358 g/mol. The number of esters is 1. The van der Waals surface area contributed by atoms with Gasteiger partial charge in [0.2, 0.25) is 0 Å². The number of carbonyl (C=O) groups excluding carboxylic acids is 1. The lowest BCUT2D eigenvalue weighted by molar-refractivity contribution is 0.0600. The molecule has 2 heterocycles. The zero-order chi connectivity index (χ0) is 18.1. The molecule has 0 aliphatic rings. The second-order valence-electron chi connectivity index (χ2n) is 5.96. The Morgan fingerprint density at radius 1 is 1.24 bits per heavy atom. The molecule has 0 aliphatic heterocycles. The number of hydrogen-bond donors (Lipinski definition) is 0. The van der Waals surface area contributed by atoms with Crippen molar-refractivity contribution in [2.24, 2.45) is 0 Å². The number of nitrogens with zero attached hydrogens (tertiary/aromatic N) is 2. The smallest absolute Gasteiger partial charge is 0.337 e. The van der Waals surface area contributed by atoms with E-state index in [0.717, 1.165) is 5.56 Å². The first-order chi connectivity index (χ1) is 11.9. The molecule has 7 heteroatoms. The van der Waals surface area contributed by atoms with Crippen LogP contribution in [0.15, 0.2) is 45.3 Å². The molecule has 0 saturated carbocycles. The van der Waals surface area contributed by atoms with Crippen molar-refractivity contribution in [2.45, 2.75) is 26.4 Å². The molecular formula is C18H18N2O4S. The Morgan fingerprint density at radius 2 is 2.00 bits per heavy atom. The maximum absolute atomic E-state index is 12.9. The summed E-state index contributed by atoms with van der Waals surface area (Å²) in [7, 11) is 1.33. The molecule has 0 spiro atoms. The summed E-state index contributed by atoms with van der Waals surface area (Å²) < 4.78 is 8.13. The van der Waals surface area contributed by atoms with Gasteiger partial charge >= 0.3 is 11.7 Å². The summed E-state index contributed by atoms with van der Waals surface area (Å²) in [5.41, 5.74) is 1.21. The van der Waals surface area contributed by atoms with E-state index in [-0.39, 0.29) is 23.8 Å². The van der Waals surface area contributed by atoms with E-state index in [9.17, 15) is 14.4 Å². The molecule has 0 atom stereocenters. The molecule has 0 fully saturated rings. The van der Waals surface area contributed by atoms with Crippen LogP contribution in [0.2, 0.25) is 0 Å². The van der Waals surface area contributed by atoms with Gasteiger partial charge < -0.3 is 4.74 Å². The van der Waals surface area contributed by atoms with Crippen LogP contribution in [0, 0.1) is 0 Å². The molecule has 0 unspecified atom stereocenters. The van der Waals surface area contributed by atoms with E-state index in [1.54, 1.807) is 34.2 Å². The van der Waals surface area contributed by atoms with Crippen molar-refractivity contribution in [3.05, 3.63) is 67.7 Å². The van der Waals surface area contributed by atoms with Gasteiger partial charge in [0, 0.05) is 6.04 Å². The highest BCUT2D eigenvalue weighted by atomic mass is 32.1. The number of aromatic nitrogens is 2. The molecule has 6 nitrogen and oxygen atoms in total. The van der Waals surface area contributed by atoms with Crippen LogP contribution in [0.1, 0.15) is 35.8 Å². The predicted molar refractivity (Wildman–Crippen MR) is 97.6 cm³/mol. The van der Waals surface area contributed by atoms with Gasteiger partial charge in [-0.15, -0.1) is 11.3 Å². The van der Waals surface area contributed by atoms with Crippen LogP contribution in [-0.4, -0.2) is 22.2 Å². The minimum atomic E-state index is -0.429. The maximum atomic E-state index is 12.9. The molecule has 0 aliphatic carbocycles. The van der Waals surface area contributed by atoms with Crippen LogP contribution < -0.4 is 11.2 Å². The number of fused-ring (bicyclic) bond motifs is 1. The fourth-order valence-corrected chi connectivity index (χ4v) is 3.64. The van der Waals surface area contributed by atoms with E-state index in [1.165, 1.54) is 23.0 Å². The molecule has 1 aromatic carbocycles. The second kappa shape index (κ2) is 6.68. The zero-order valence-electron chi connectivity index (χ0n) is 14.2. The lowest BCUT2D eigenvalue weighted by Crippen LogP contribution is -2.40. The molecule has 0 N–H and O–H groups in total. The molecule has 0 radical (unpaired) electrons. The number of methoxy groups -OCH3 is 1. The lowest BCUT2D eigenvalue weighted by atomic mass is 10.1. The number of ether oxygens (including phenoxy) is 1. The third-order valence-electron chi connectivity index (χ3n) is 3.99. The summed E-state index contributed by atoms with van der Waals surface area (Å²) in [6, 6.07) is 8.48. The summed E-state index contributed by atoms with van der Waals surface area (Å²) >= 11 is 1.32. The van der Waals surface area contributed by atoms with E-state index in [0.29, 0.717) is 15.8 Å². The fraction of sp³-hybridized carbons (Fsp3) is 0.278. The first kappa shape index (κ1) is 17.2. The Kier molecular flexibility index (Phi) is 4.59. The third kappa shape index (κ3) is 3.02. The van der Waals surface area contributed by atoms with E-state index in [4.69, 9.17) is 4.74 Å². The van der Waals surface area contributed by atoms with Crippen molar-refractivity contribution >= 4 is 27.5 Å². The highest BCUT2D eigenvalue weighted by molar-refractivity contribution is 7.17. The molecule has 0 bridgehead atoms. The SMILES string of the molecule is COC(=O)c1cccc(Cn2c(=O)n(C(C)C)c(=O)c3sccc32)c1. The van der Waals surface area contributed by atoms with Crippen LogP contribution in [0.3, 0.4) is 0 Å². The lowest BCUT2D eigenvalue weighted by Gasteiger charge is -2.14. The first-order valence-electron chi connectivity index (χ1n) is 7.84. The normalized spacial score (nSPS) is 11.2. The Balaban J connectivity index is 2.17. The van der Waals surface area contributed by atoms with Gasteiger partial charge in [-0.05, 0) is 43.0 Å². The molecule has 2 aromatic heterocycles. The van der Waals surface area contributed by atoms with Crippen molar-refractivity contribution < 1.29 is 9.53 Å². The summed E-state index contributed by atoms with van der Waals surface area (Å²) in [4.78, 5) is 37.1. The van der Waals surface area contributed by atoms with Gasteiger partial charge in [0.05, 0.1) is 24.7 Å². The quantitative estimate of drug-likeness (QED) is 0.672. The number of rotatable bonds is 4. The predicted octanol–water partition coefficient (Wildman–Crippen LogP) is 2.64. The van der Waals surface area contributed by atoms with Crippen LogP contribution >= 0.6 is 11.3 Å². The number of benzene rings is 1. The summed E-state index contributed by atoms with van der Waals surface area (Å²) in [5, 5.41) is 1.80. The van der Waals surface area contributed by atoms with Gasteiger partial charge in [-0.2, -0.15) is 0 Å². The van der Waals surface area contributed by atoms with Crippen LogP contribution in [0.25, 0.3) is 10.2 Å². The monoisotopic (exact) mass is 358 g/mol. The Bertz CT molecular complexity index is 1060. The van der Waals surface area contributed by atoms with Crippen molar-refractivity contribution in [2.75, 3.05) is 7.11 Å². The van der Waals surface area contributed by atoms with E-state index >= 15 is 0 Å². The third-order valence-corrected chi connectivity index (χ3v) is 4.88. The van der Waals surface area contributed by atoms with Gasteiger partial charge in [-0.1, -0.05) is 12.1 Å². The maximum Gasteiger partial charge on any atom is 0.337 e. The van der Waals surface area contributed by atoms with Crippen LogP contribution in [0.5, 0.6) is 0 Å².